The molecule has 2 aromatic heterocycles. The van der Waals surface area contributed by atoms with E-state index in [1.54, 1.807) is 6.20 Å². The van der Waals surface area contributed by atoms with E-state index in [2.05, 4.69) is 42.4 Å². The van der Waals surface area contributed by atoms with Gasteiger partial charge in [0.15, 0.2) is 0 Å². The number of benzene rings is 2. The van der Waals surface area contributed by atoms with Crippen LogP contribution in [-0.2, 0) is 6.54 Å². The van der Waals surface area contributed by atoms with Gasteiger partial charge in [0.05, 0.1) is 5.69 Å². The minimum absolute atomic E-state index is 0.143. The first-order valence-corrected chi connectivity index (χ1v) is 12.9. The number of amides is 1. The van der Waals surface area contributed by atoms with Crippen LogP contribution in [0.15, 0.2) is 73.1 Å². The molecule has 0 saturated carbocycles. The molecule has 1 saturated heterocycles. The van der Waals surface area contributed by atoms with Gasteiger partial charge in [0.2, 0.25) is 5.95 Å². The largest absolute Gasteiger partial charge is 0.324 e. The molecule has 8 heteroatoms. The molecule has 0 bridgehead atoms. The lowest BCUT2D eigenvalue weighted by atomic mass is 10.1. The highest BCUT2D eigenvalue weighted by atomic mass is 16.1. The van der Waals surface area contributed by atoms with Crippen LogP contribution in [0.25, 0.3) is 11.3 Å². The Hall–Kier alpha value is -4.14. The number of rotatable bonds is 7. The monoisotopic (exact) mass is 507 g/mol. The highest BCUT2D eigenvalue weighted by Crippen LogP contribution is 2.25. The molecule has 1 amide bonds. The van der Waals surface area contributed by atoms with E-state index in [0.29, 0.717) is 17.2 Å². The number of nitrogens with zero attached hydrogens (tertiary/aromatic N) is 5. The molecule has 0 atom stereocenters. The second-order valence-corrected chi connectivity index (χ2v) is 9.84. The van der Waals surface area contributed by atoms with Gasteiger partial charge in [0, 0.05) is 73.3 Å². The zero-order valence-corrected chi connectivity index (χ0v) is 22.1. The number of carbonyl (C=O) groups excluding carboxylic acids is 1. The smallest absolute Gasteiger partial charge is 0.255 e. The molecule has 0 aliphatic carbocycles. The number of hydrogen-bond donors (Lipinski definition) is 2. The van der Waals surface area contributed by atoms with E-state index in [4.69, 9.17) is 0 Å². The highest BCUT2D eigenvalue weighted by Gasteiger charge is 2.14. The van der Waals surface area contributed by atoms with Crippen LogP contribution in [-0.4, -0.2) is 63.9 Å². The van der Waals surface area contributed by atoms with E-state index in [9.17, 15) is 4.79 Å². The number of pyridine rings is 1. The highest BCUT2D eigenvalue weighted by molar-refractivity contribution is 6.04. The van der Waals surface area contributed by atoms with Crippen LogP contribution in [0.2, 0.25) is 0 Å². The quantitative estimate of drug-likeness (QED) is 0.368. The van der Waals surface area contributed by atoms with Crippen molar-refractivity contribution in [1.82, 2.24) is 24.8 Å². The van der Waals surface area contributed by atoms with Crippen molar-refractivity contribution in [2.75, 3.05) is 43.9 Å². The summed E-state index contributed by atoms with van der Waals surface area (Å²) in [6.45, 7) is 9.19. The normalized spacial score (nSPS) is 14.3. The predicted molar refractivity (Wildman–Crippen MR) is 152 cm³/mol. The molecule has 8 nitrogen and oxygen atoms in total. The van der Waals surface area contributed by atoms with Crippen LogP contribution < -0.4 is 10.6 Å². The second kappa shape index (κ2) is 11.5. The van der Waals surface area contributed by atoms with E-state index in [-0.39, 0.29) is 5.91 Å². The predicted octanol–water partition coefficient (Wildman–Crippen LogP) is 4.90. The summed E-state index contributed by atoms with van der Waals surface area (Å²) in [7, 11) is 2.16. The van der Waals surface area contributed by atoms with Gasteiger partial charge < -0.3 is 15.5 Å². The summed E-state index contributed by atoms with van der Waals surface area (Å²) < 4.78 is 0. The van der Waals surface area contributed by atoms with Crippen molar-refractivity contribution in [3.05, 3.63) is 95.4 Å². The van der Waals surface area contributed by atoms with Crippen LogP contribution in [0.3, 0.4) is 0 Å². The fourth-order valence-electron chi connectivity index (χ4n) is 4.38. The summed E-state index contributed by atoms with van der Waals surface area (Å²) in [5.74, 6) is 0.335. The van der Waals surface area contributed by atoms with Gasteiger partial charge in [-0.05, 0) is 74.5 Å². The van der Waals surface area contributed by atoms with Gasteiger partial charge in [-0.1, -0.05) is 18.2 Å². The van der Waals surface area contributed by atoms with Gasteiger partial charge in [-0.15, -0.1) is 0 Å². The first-order valence-electron chi connectivity index (χ1n) is 12.9. The topological polar surface area (TPSA) is 86.3 Å². The fraction of sp³-hybridized carbons (Fsp3) is 0.267. The molecule has 1 aliphatic rings. The van der Waals surface area contributed by atoms with Crippen molar-refractivity contribution in [3.8, 4) is 11.3 Å². The standard InChI is InChI=1S/C30H33N7O/c1-21-4-11-26(18-28(21)35-30-31-13-12-27(34-30)25-8-5-22(2)32-19-25)33-29(38)24-9-6-23(7-10-24)20-37-16-14-36(3)15-17-37/h4-13,18-19H,14-17,20H2,1-3H3,(H,33,38)(H,31,34,35). The Labute approximate surface area is 223 Å². The van der Waals surface area contributed by atoms with E-state index < -0.39 is 0 Å². The lowest BCUT2D eigenvalue weighted by Crippen LogP contribution is -2.43. The third-order valence-corrected chi connectivity index (χ3v) is 6.82. The van der Waals surface area contributed by atoms with E-state index in [1.165, 1.54) is 5.56 Å². The minimum Gasteiger partial charge on any atom is -0.324 e. The van der Waals surface area contributed by atoms with Crippen LogP contribution in [0, 0.1) is 13.8 Å². The maximum atomic E-state index is 13.0. The number of likely N-dealkylation sites (N-methyl/N-ethyl adjacent to an activating group) is 1. The third kappa shape index (κ3) is 6.40. The van der Waals surface area contributed by atoms with Gasteiger partial charge in [-0.2, -0.15) is 0 Å². The molecule has 2 N–H and O–H groups in total. The number of anilines is 3. The molecule has 194 valence electrons. The Morgan fingerprint density at radius 1 is 0.921 bits per heavy atom. The summed E-state index contributed by atoms with van der Waals surface area (Å²) >= 11 is 0. The van der Waals surface area contributed by atoms with Crippen molar-refractivity contribution in [2.24, 2.45) is 0 Å². The summed E-state index contributed by atoms with van der Waals surface area (Å²) in [5.41, 5.74) is 7.05. The van der Waals surface area contributed by atoms with Crippen LogP contribution >= 0.6 is 0 Å². The first kappa shape index (κ1) is 25.5. The van der Waals surface area contributed by atoms with Crippen molar-refractivity contribution in [2.45, 2.75) is 20.4 Å². The van der Waals surface area contributed by atoms with E-state index >= 15 is 0 Å². The number of hydrogen-bond acceptors (Lipinski definition) is 7. The summed E-state index contributed by atoms with van der Waals surface area (Å²) in [6.07, 6.45) is 3.53. The molecule has 3 heterocycles. The summed E-state index contributed by atoms with van der Waals surface area (Å²) in [4.78, 5) is 31.1. The fourth-order valence-corrected chi connectivity index (χ4v) is 4.38. The van der Waals surface area contributed by atoms with Crippen LogP contribution in [0.4, 0.5) is 17.3 Å². The van der Waals surface area contributed by atoms with Gasteiger partial charge in [-0.25, -0.2) is 9.97 Å². The zero-order chi connectivity index (χ0) is 26.5. The Kier molecular flexibility index (Phi) is 7.72. The molecule has 0 radical (unpaired) electrons. The lowest BCUT2D eigenvalue weighted by molar-refractivity contribution is 0.102. The lowest BCUT2D eigenvalue weighted by Gasteiger charge is -2.32. The Morgan fingerprint density at radius 3 is 2.45 bits per heavy atom. The number of aromatic nitrogens is 3. The first-order chi connectivity index (χ1) is 18.4. The average molecular weight is 508 g/mol. The molecule has 5 rings (SSSR count). The Morgan fingerprint density at radius 2 is 1.71 bits per heavy atom. The average Bonchev–Trinajstić information content (AvgIpc) is 2.93. The SMILES string of the molecule is Cc1ccc(-c2ccnc(Nc3cc(NC(=O)c4ccc(CN5CCN(C)CC5)cc4)ccc3C)n2)cn1. The van der Waals surface area contributed by atoms with Gasteiger partial charge >= 0.3 is 0 Å². The minimum atomic E-state index is -0.143. The number of piperazine rings is 1. The number of aryl methyl sites for hydroxylation is 2. The second-order valence-electron chi connectivity index (χ2n) is 9.84. The van der Waals surface area contributed by atoms with Crippen LogP contribution in [0.1, 0.15) is 27.2 Å². The van der Waals surface area contributed by atoms with Crippen molar-refractivity contribution >= 4 is 23.2 Å². The molecule has 4 aromatic rings. The van der Waals surface area contributed by atoms with E-state index in [1.807, 2.05) is 80.7 Å². The maximum Gasteiger partial charge on any atom is 0.255 e. The Balaban J connectivity index is 1.24. The molecule has 0 spiro atoms. The molecule has 38 heavy (non-hydrogen) atoms. The number of carbonyl (C=O) groups is 1. The van der Waals surface area contributed by atoms with Crippen molar-refractivity contribution < 1.29 is 4.79 Å². The van der Waals surface area contributed by atoms with Gasteiger partial charge in [-0.3, -0.25) is 14.7 Å². The molecular weight excluding hydrogens is 474 g/mol. The number of nitrogens with one attached hydrogen (secondary N) is 2. The van der Waals surface area contributed by atoms with Gasteiger partial charge in [0.25, 0.3) is 5.91 Å². The zero-order valence-electron chi connectivity index (χ0n) is 22.1. The van der Waals surface area contributed by atoms with Crippen molar-refractivity contribution in [1.29, 1.82) is 0 Å². The van der Waals surface area contributed by atoms with Crippen molar-refractivity contribution in [3.63, 3.8) is 0 Å². The van der Waals surface area contributed by atoms with Gasteiger partial charge in [0.1, 0.15) is 0 Å². The molecule has 1 fully saturated rings. The molecule has 0 unspecified atom stereocenters. The van der Waals surface area contributed by atoms with Crippen LogP contribution in [0.5, 0.6) is 0 Å². The molecule has 2 aromatic carbocycles. The molecule has 1 aliphatic heterocycles. The maximum absolute atomic E-state index is 13.0. The third-order valence-electron chi connectivity index (χ3n) is 6.82. The van der Waals surface area contributed by atoms with E-state index in [0.717, 1.165) is 60.9 Å². The molecular formula is C30H33N7O. The Bertz CT molecular complexity index is 1400. The summed E-state index contributed by atoms with van der Waals surface area (Å²) in [5, 5.41) is 6.31. The summed E-state index contributed by atoms with van der Waals surface area (Å²) in [6, 6.07) is 19.5.